The van der Waals surface area contributed by atoms with Crippen molar-refractivity contribution >= 4 is 35.0 Å². The molecule has 0 aromatic heterocycles. The smallest absolute Gasteiger partial charge is 0.342 e. The fraction of sp³-hybridized carbons (Fsp3) is 0.561. The van der Waals surface area contributed by atoms with Crippen molar-refractivity contribution < 1.29 is 57.1 Å². The van der Waals surface area contributed by atoms with Crippen LogP contribution in [0, 0.1) is 13.8 Å². The number of phenolic OH excluding ortho intramolecular Hbond substituents is 1. The molecule has 0 aliphatic carbocycles. The van der Waals surface area contributed by atoms with Crippen molar-refractivity contribution in [3.63, 3.8) is 0 Å². The van der Waals surface area contributed by atoms with Gasteiger partial charge in [-0.2, -0.15) is 0 Å². The predicted molar refractivity (Wildman–Crippen MR) is 223 cm³/mol. The monoisotopic (exact) mass is 836 g/mol. The van der Waals surface area contributed by atoms with Crippen LogP contribution in [-0.2, 0) is 55.6 Å². The van der Waals surface area contributed by atoms with E-state index in [1.54, 1.807) is 33.7 Å². The van der Waals surface area contributed by atoms with E-state index in [0.717, 1.165) is 64.0 Å². The summed E-state index contributed by atoms with van der Waals surface area (Å²) in [6.45, 7) is 19.3. The molecule has 15 heteroatoms. The summed E-state index contributed by atoms with van der Waals surface area (Å²) in [5, 5.41) is 10.5. The Hall–Kier alpha value is -3.18. The number of carbonyl (C=O) groups is 2. The molecule has 2 heterocycles. The molecule has 2 aliphatic heterocycles. The van der Waals surface area contributed by atoms with Crippen LogP contribution in [0.3, 0.4) is 0 Å². The van der Waals surface area contributed by atoms with Gasteiger partial charge in [-0.1, -0.05) is 55.4 Å². The van der Waals surface area contributed by atoms with Gasteiger partial charge in [-0.15, -0.1) is 0 Å². The molecule has 0 amide bonds. The van der Waals surface area contributed by atoms with Crippen LogP contribution in [-0.4, -0.2) is 74.7 Å². The standard InChI is InChI=1S/C25H41O5PSi.C16H21O7P/c1-9-30-31(5,27)15-14-18(2)12-13-21-20(11-10-16-32(6,7)8)23-22(17-29-25(23)26)19(3)24(21)28-4;1-9(6-7-24(19,20)21)4-5-11-14(17)13-12(8-23-16(13)18)10(2)15(11)22-3/h12H,9-11,13-17H2,1-8H3;4,17H,5-8H2,1-3H3,(H2,19,20,21)/b18-12+;9-4+. The Morgan fingerprint density at radius 3 is 1.79 bits per heavy atom. The first kappa shape index (κ1) is 47.2. The fourth-order valence-corrected chi connectivity index (χ4v) is 10.4. The van der Waals surface area contributed by atoms with Crippen LogP contribution >= 0.6 is 15.0 Å². The van der Waals surface area contributed by atoms with Crippen LogP contribution in [0.15, 0.2) is 23.3 Å². The van der Waals surface area contributed by atoms with Gasteiger partial charge in [0.2, 0.25) is 0 Å². The number of methoxy groups -OCH3 is 2. The summed E-state index contributed by atoms with van der Waals surface area (Å²) in [6, 6.07) is 1.21. The van der Waals surface area contributed by atoms with Crippen molar-refractivity contribution in [1.82, 2.24) is 0 Å². The molecule has 3 N–H and O–H groups in total. The van der Waals surface area contributed by atoms with Crippen molar-refractivity contribution in [2.45, 2.75) is 112 Å². The molecule has 2 aromatic carbocycles. The summed E-state index contributed by atoms with van der Waals surface area (Å²) < 4.78 is 50.4. The zero-order chi connectivity index (χ0) is 42.2. The third-order valence-corrected chi connectivity index (χ3v) is 14.7. The molecule has 0 saturated heterocycles. The number of rotatable bonds is 18. The normalized spacial score (nSPS) is 15.4. The molecule has 12 nitrogen and oxygen atoms in total. The average molecular weight is 837 g/mol. The lowest BCUT2D eigenvalue weighted by Gasteiger charge is -2.21. The largest absolute Gasteiger partial charge is 0.507 e. The third-order valence-electron chi connectivity index (χ3n) is 10.2. The maximum Gasteiger partial charge on any atom is 0.342 e. The van der Waals surface area contributed by atoms with E-state index in [0.29, 0.717) is 42.7 Å². The summed E-state index contributed by atoms with van der Waals surface area (Å²) in [5.41, 5.74) is 8.85. The first-order valence-corrected chi connectivity index (χ1v) is 26.8. The van der Waals surface area contributed by atoms with Gasteiger partial charge >= 0.3 is 19.5 Å². The van der Waals surface area contributed by atoms with Crippen molar-refractivity contribution in [2.75, 3.05) is 39.8 Å². The van der Waals surface area contributed by atoms with Gasteiger partial charge in [0.15, 0.2) is 7.37 Å². The number of fused-ring (bicyclic) bond motifs is 2. The lowest BCUT2D eigenvalue weighted by molar-refractivity contribution is 0.0524. The number of hydrogen-bond donors (Lipinski definition) is 3. The Balaban J connectivity index is 0.000000313. The zero-order valence-electron chi connectivity index (χ0n) is 35.1. The second-order valence-electron chi connectivity index (χ2n) is 15.9. The first-order valence-electron chi connectivity index (χ1n) is 19.1. The maximum atomic E-state index is 12.6. The number of hydrogen-bond acceptors (Lipinski definition) is 10. The number of benzene rings is 2. The summed E-state index contributed by atoms with van der Waals surface area (Å²) in [7, 11) is -4.58. The summed E-state index contributed by atoms with van der Waals surface area (Å²) in [6.07, 6.45) is 8.11. The minimum absolute atomic E-state index is 0.112. The van der Waals surface area contributed by atoms with Gasteiger partial charge in [0.05, 0.1) is 32.6 Å². The van der Waals surface area contributed by atoms with E-state index in [-0.39, 0.29) is 42.9 Å². The van der Waals surface area contributed by atoms with Crippen LogP contribution < -0.4 is 9.47 Å². The lowest BCUT2D eigenvalue weighted by Crippen LogP contribution is -2.19. The summed E-state index contributed by atoms with van der Waals surface area (Å²) >= 11 is 0. The van der Waals surface area contributed by atoms with E-state index in [2.05, 4.69) is 32.6 Å². The molecule has 0 spiro atoms. The average Bonchev–Trinajstić information content (AvgIpc) is 3.69. The van der Waals surface area contributed by atoms with Gasteiger partial charge in [-0.3, -0.25) is 9.13 Å². The maximum absolute atomic E-state index is 12.6. The molecule has 0 radical (unpaired) electrons. The number of allylic oxidation sites excluding steroid dienone is 4. The SMILES string of the molecule is CCOP(C)(=O)CC/C(C)=C/Cc1c(CCC[Si](C)(C)C)c2c(c(C)c1OC)COC2=O.COc1c(C)c2c(c(O)c1C/C=C(\C)CCP(=O)(O)O)C(=O)OC2. The molecule has 1 unspecified atom stereocenters. The number of phenols is 1. The highest BCUT2D eigenvalue weighted by Crippen LogP contribution is 2.45. The molecule has 1 atom stereocenters. The molecule has 312 valence electrons. The fourth-order valence-electron chi connectivity index (χ4n) is 7.05. The third kappa shape index (κ3) is 12.7. The lowest BCUT2D eigenvalue weighted by atomic mass is 9.88. The Morgan fingerprint density at radius 1 is 0.804 bits per heavy atom. The molecule has 56 heavy (non-hydrogen) atoms. The van der Waals surface area contributed by atoms with Crippen LogP contribution in [0.2, 0.25) is 25.7 Å². The van der Waals surface area contributed by atoms with Gasteiger partial charge in [-0.05, 0) is 83.4 Å². The predicted octanol–water partition coefficient (Wildman–Crippen LogP) is 9.20. The Bertz CT molecular complexity index is 1940. The molecule has 0 bridgehead atoms. The van der Waals surface area contributed by atoms with Gasteiger partial charge < -0.3 is 38.4 Å². The van der Waals surface area contributed by atoms with Crippen LogP contribution in [0.5, 0.6) is 17.2 Å². The van der Waals surface area contributed by atoms with Gasteiger partial charge in [0.25, 0.3) is 0 Å². The molecule has 2 aromatic rings. The molecule has 4 rings (SSSR count). The molecule has 2 aliphatic rings. The van der Waals surface area contributed by atoms with Gasteiger partial charge in [-0.25, -0.2) is 9.59 Å². The Kier molecular flexibility index (Phi) is 16.8. The number of aromatic hydroxyl groups is 1. The van der Waals surface area contributed by atoms with E-state index in [4.69, 9.17) is 33.3 Å². The quantitative estimate of drug-likeness (QED) is 0.0563. The first-order chi connectivity index (χ1) is 26.1. The second-order valence-corrected chi connectivity index (χ2v) is 26.1. The Morgan fingerprint density at radius 2 is 1.29 bits per heavy atom. The van der Waals surface area contributed by atoms with Crippen molar-refractivity contribution in [3.8, 4) is 17.2 Å². The number of carbonyl (C=O) groups excluding carboxylic acids is 2. The van der Waals surface area contributed by atoms with Crippen molar-refractivity contribution in [2.24, 2.45) is 0 Å². The summed E-state index contributed by atoms with van der Waals surface area (Å²) in [5.74, 6) is 0.429. The van der Waals surface area contributed by atoms with E-state index in [9.17, 15) is 23.8 Å². The minimum atomic E-state index is -4.04. The van der Waals surface area contributed by atoms with Crippen molar-refractivity contribution in [3.05, 3.63) is 73.4 Å². The van der Waals surface area contributed by atoms with Crippen LogP contribution in [0.4, 0.5) is 0 Å². The highest BCUT2D eigenvalue weighted by Gasteiger charge is 2.33. The summed E-state index contributed by atoms with van der Waals surface area (Å²) in [4.78, 5) is 42.3. The molecular formula is C41H62O12P2Si. The Labute approximate surface area is 333 Å². The highest BCUT2D eigenvalue weighted by atomic mass is 31.2. The van der Waals surface area contributed by atoms with Gasteiger partial charge in [0, 0.05) is 43.2 Å². The van der Waals surface area contributed by atoms with E-state index in [1.165, 1.54) is 18.7 Å². The van der Waals surface area contributed by atoms with E-state index >= 15 is 0 Å². The number of ether oxygens (including phenoxy) is 4. The minimum Gasteiger partial charge on any atom is -0.507 e. The highest BCUT2D eigenvalue weighted by molar-refractivity contribution is 7.58. The topological polar surface area (TPSA) is 175 Å². The number of cyclic esters (lactones) is 2. The molecular weight excluding hydrogens is 774 g/mol. The van der Waals surface area contributed by atoms with E-state index < -0.39 is 29.0 Å². The van der Waals surface area contributed by atoms with Crippen molar-refractivity contribution in [1.29, 1.82) is 0 Å². The zero-order valence-corrected chi connectivity index (χ0v) is 37.8. The molecule has 0 fully saturated rings. The number of esters is 2. The second kappa shape index (κ2) is 20.0. The van der Waals surface area contributed by atoms with Crippen LogP contribution in [0.1, 0.15) is 99.7 Å². The van der Waals surface area contributed by atoms with Crippen LogP contribution in [0.25, 0.3) is 0 Å². The molecule has 0 saturated carbocycles. The van der Waals surface area contributed by atoms with E-state index in [1.807, 2.05) is 13.8 Å². The van der Waals surface area contributed by atoms with Gasteiger partial charge in [0.1, 0.15) is 36.0 Å².